The Kier molecular flexibility index (Phi) is 8.50. The highest BCUT2D eigenvalue weighted by molar-refractivity contribution is 9.10. The molecule has 3 aromatic carbocycles. The smallest absolute Gasteiger partial charge is 0.220 e. The Labute approximate surface area is 228 Å². The minimum absolute atomic E-state index is 0.302. The first-order chi connectivity index (χ1) is 17.8. The van der Waals surface area contributed by atoms with Crippen LogP contribution < -0.4 is 9.47 Å². The summed E-state index contributed by atoms with van der Waals surface area (Å²) in [7, 11) is 1.55. The molecule has 1 atom stereocenters. The SMILES string of the molecule is COc1cc([C@H](C[N+](=O)[O-])Sc2nnc(C)n2-c2ccc(C)c(C)c2)cc(Br)c1OCc1ccccc1. The van der Waals surface area contributed by atoms with E-state index in [1.165, 1.54) is 17.3 Å². The number of aromatic nitrogens is 3. The normalized spacial score (nSPS) is 11.8. The number of methoxy groups -OCH3 is 1. The van der Waals surface area contributed by atoms with E-state index in [0.29, 0.717) is 39.1 Å². The molecule has 4 rings (SSSR count). The Morgan fingerprint density at radius 3 is 2.49 bits per heavy atom. The van der Waals surface area contributed by atoms with Crippen molar-refractivity contribution >= 4 is 27.7 Å². The largest absolute Gasteiger partial charge is 0.493 e. The van der Waals surface area contributed by atoms with Crippen LogP contribution in [0, 0.1) is 30.9 Å². The molecule has 8 nitrogen and oxygen atoms in total. The summed E-state index contributed by atoms with van der Waals surface area (Å²) in [5.74, 6) is 1.73. The monoisotopic (exact) mass is 582 g/mol. The van der Waals surface area contributed by atoms with Crippen molar-refractivity contribution in [2.75, 3.05) is 13.7 Å². The van der Waals surface area contributed by atoms with Gasteiger partial charge in [-0.3, -0.25) is 14.7 Å². The summed E-state index contributed by atoms with van der Waals surface area (Å²) < 4.78 is 14.2. The number of nitrogens with zero attached hydrogens (tertiary/aromatic N) is 4. The molecule has 0 N–H and O–H groups in total. The van der Waals surface area contributed by atoms with E-state index in [1.807, 2.05) is 66.9 Å². The zero-order valence-corrected chi connectivity index (χ0v) is 23.4. The summed E-state index contributed by atoms with van der Waals surface area (Å²) >= 11 is 4.88. The lowest BCUT2D eigenvalue weighted by Gasteiger charge is -2.18. The molecule has 10 heteroatoms. The second kappa shape index (κ2) is 11.8. The topological polar surface area (TPSA) is 92.3 Å². The van der Waals surface area contributed by atoms with Gasteiger partial charge in [-0.1, -0.05) is 48.2 Å². The van der Waals surface area contributed by atoms with Crippen LogP contribution in [0.5, 0.6) is 11.5 Å². The molecule has 0 unspecified atom stereocenters. The first-order valence-electron chi connectivity index (χ1n) is 11.6. The molecule has 0 aliphatic carbocycles. The quantitative estimate of drug-likeness (QED) is 0.117. The van der Waals surface area contributed by atoms with Gasteiger partial charge in [0.15, 0.2) is 16.7 Å². The third-order valence-corrected chi connectivity index (χ3v) is 7.73. The lowest BCUT2D eigenvalue weighted by Crippen LogP contribution is -2.12. The van der Waals surface area contributed by atoms with Gasteiger partial charge in [-0.15, -0.1) is 10.2 Å². The molecule has 0 fully saturated rings. The Balaban J connectivity index is 1.67. The van der Waals surface area contributed by atoms with Gasteiger partial charge >= 0.3 is 0 Å². The highest BCUT2D eigenvalue weighted by Gasteiger charge is 2.26. The van der Waals surface area contributed by atoms with E-state index in [-0.39, 0.29) is 11.5 Å². The Bertz CT molecular complexity index is 1410. The average molecular weight is 584 g/mol. The van der Waals surface area contributed by atoms with E-state index in [1.54, 1.807) is 13.2 Å². The number of hydrogen-bond donors (Lipinski definition) is 0. The van der Waals surface area contributed by atoms with Gasteiger partial charge < -0.3 is 9.47 Å². The fraction of sp³-hybridized carbons (Fsp3) is 0.259. The average Bonchev–Trinajstić information content (AvgIpc) is 3.24. The zero-order chi connectivity index (χ0) is 26.5. The summed E-state index contributed by atoms with van der Waals surface area (Å²) in [4.78, 5) is 11.3. The van der Waals surface area contributed by atoms with Crippen molar-refractivity contribution in [2.24, 2.45) is 0 Å². The number of hydrogen-bond acceptors (Lipinski definition) is 7. The maximum atomic E-state index is 11.7. The third kappa shape index (κ3) is 6.31. The van der Waals surface area contributed by atoms with Crippen LogP contribution in [0.25, 0.3) is 5.69 Å². The molecular weight excluding hydrogens is 556 g/mol. The molecule has 0 saturated heterocycles. The van der Waals surface area contributed by atoms with E-state index < -0.39 is 5.25 Å². The second-order valence-corrected chi connectivity index (χ2v) is 10.6. The summed E-state index contributed by atoms with van der Waals surface area (Å²) in [5, 5.41) is 20.3. The van der Waals surface area contributed by atoms with Crippen molar-refractivity contribution in [3.05, 3.63) is 103 Å². The molecular formula is C27H27BrN4O4S. The molecule has 0 aliphatic heterocycles. The van der Waals surface area contributed by atoms with E-state index in [9.17, 15) is 10.1 Å². The zero-order valence-electron chi connectivity index (χ0n) is 21.0. The molecule has 0 bridgehead atoms. The first kappa shape index (κ1) is 26.7. The van der Waals surface area contributed by atoms with Gasteiger partial charge in [-0.25, -0.2) is 0 Å². The molecule has 0 radical (unpaired) electrons. The van der Waals surface area contributed by atoms with E-state index in [4.69, 9.17) is 9.47 Å². The molecule has 1 aromatic heterocycles. The lowest BCUT2D eigenvalue weighted by molar-refractivity contribution is -0.479. The number of rotatable bonds is 10. The molecule has 0 saturated carbocycles. The van der Waals surface area contributed by atoms with Crippen LogP contribution in [0.2, 0.25) is 0 Å². The van der Waals surface area contributed by atoms with Crippen LogP contribution in [-0.4, -0.2) is 33.3 Å². The highest BCUT2D eigenvalue weighted by Crippen LogP contribution is 2.43. The van der Waals surface area contributed by atoms with Gasteiger partial charge in [0, 0.05) is 10.6 Å². The molecule has 37 heavy (non-hydrogen) atoms. The Morgan fingerprint density at radius 2 is 1.81 bits per heavy atom. The van der Waals surface area contributed by atoms with Crippen LogP contribution in [0.3, 0.4) is 0 Å². The number of ether oxygens (including phenoxy) is 2. The van der Waals surface area contributed by atoms with Gasteiger partial charge in [0.25, 0.3) is 0 Å². The number of nitro groups is 1. The standard InChI is InChI=1S/C27H27BrN4O4S/c1-17-10-11-22(12-18(17)2)32-19(3)29-30-27(32)37-25(15-31(33)34)21-13-23(28)26(24(14-21)35-4)36-16-20-8-6-5-7-9-20/h5-14,25H,15-16H2,1-4H3/t25-/m0/s1. The van der Waals surface area contributed by atoms with Crippen molar-refractivity contribution < 1.29 is 14.4 Å². The number of halogens is 1. The van der Waals surface area contributed by atoms with Crippen LogP contribution in [0.1, 0.15) is 33.3 Å². The summed E-state index contributed by atoms with van der Waals surface area (Å²) in [6.45, 7) is 6.03. The second-order valence-electron chi connectivity index (χ2n) is 8.56. The minimum Gasteiger partial charge on any atom is -0.493 e. The maximum absolute atomic E-state index is 11.7. The van der Waals surface area contributed by atoms with Gasteiger partial charge in [0.1, 0.15) is 17.7 Å². The van der Waals surface area contributed by atoms with Crippen molar-refractivity contribution in [1.29, 1.82) is 0 Å². The third-order valence-electron chi connectivity index (χ3n) is 5.96. The summed E-state index contributed by atoms with van der Waals surface area (Å²) in [5.41, 5.74) is 4.97. The minimum atomic E-state index is -0.544. The van der Waals surface area contributed by atoms with Crippen molar-refractivity contribution in [3.63, 3.8) is 0 Å². The fourth-order valence-corrected chi connectivity index (χ4v) is 5.58. The summed E-state index contributed by atoms with van der Waals surface area (Å²) in [6.07, 6.45) is 0. The van der Waals surface area contributed by atoms with E-state index in [2.05, 4.69) is 39.1 Å². The molecule has 0 amide bonds. The number of benzene rings is 3. The van der Waals surface area contributed by atoms with Crippen LogP contribution in [0.4, 0.5) is 0 Å². The molecule has 1 heterocycles. The maximum Gasteiger partial charge on any atom is 0.220 e. The van der Waals surface area contributed by atoms with Crippen molar-refractivity contribution in [3.8, 4) is 17.2 Å². The predicted molar refractivity (Wildman–Crippen MR) is 147 cm³/mol. The molecule has 4 aromatic rings. The first-order valence-corrected chi connectivity index (χ1v) is 13.3. The fourth-order valence-electron chi connectivity index (χ4n) is 3.85. The van der Waals surface area contributed by atoms with E-state index in [0.717, 1.165) is 16.8 Å². The number of aryl methyl sites for hydroxylation is 3. The van der Waals surface area contributed by atoms with Gasteiger partial charge in [-0.05, 0) is 83.2 Å². The lowest BCUT2D eigenvalue weighted by atomic mass is 10.1. The molecule has 0 spiro atoms. The van der Waals surface area contributed by atoms with Crippen molar-refractivity contribution in [2.45, 2.75) is 37.8 Å². The van der Waals surface area contributed by atoms with Crippen LogP contribution in [0.15, 0.2) is 70.3 Å². The van der Waals surface area contributed by atoms with Gasteiger partial charge in [-0.2, -0.15) is 0 Å². The van der Waals surface area contributed by atoms with E-state index >= 15 is 0 Å². The van der Waals surface area contributed by atoms with Crippen molar-refractivity contribution in [1.82, 2.24) is 14.8 Å². The molecule has 192 valence electrons. The Morgan fingerprint density at radius 1 is 1.05 bits per heavy atom. The molecule has 0 aliphatic rings. The van der Waals surface area contributed by atoms with Crippen LogP contribution >= 0.6 is 27.7 Å². The Hall–Kier alpha value is -3.37. The van der Waals surface area contributed by atoms with Gasteiger partial charge in [0.2, 0.25) is 6.54 Å². The number of thioether (sulfide) groups is 1. The van der Waals surface area contributed by atoms with Crippen LogP contribution in [-0.2, 0) is 6.61 Å². The predicted octanol–water partition coefficient (Wildman–Crippen LogP) is 6.65. The van der Waals surface area contributed by atoms with Gasteiger partial charge in [0.05, 0.1) is 11.6 Å². The summed E-state index contributed by atoms with van der Waals surface area (Å²) in [6, 6.07) is 19.5. The highest BCUT2D eigenvalue weighted by atomic mass is 79.9.